The van der Waals surface area contributed by atoms with Crippen LogP contribution in [0, 0.1) is 12.7 Å². The topological polar surface area (TPSA) is 67.9 Å². The number of rotatable bonds is 4. The first-order valence-corrected chi connectivity index (χ1v) is 12.0. The number of amides is 3. The van der Waals surface area contributed by atoms with Gasteiger partial charge in [0.1, 0.15) is 5.82 Å². The molecule has 0 bridgehead atoms. The van der Waals surface area contributed by atoms with Crippen molar-refractivity contribution in [3.8, 4) is 0 Å². The molecular formula is C26H32FN5O2. The maximum atomic E-state index is 14.0. The zero-order valence-corrected chi connectivity index (χ0v) is 19.8. The van der Waals surface area contributed by atoms with Crippen LogP contribution in [-0.2, 0) is 11.3 Å². The van der Waals surface area contributed by atoms with Crippen molar-refractivity contribution in [2.75, 3.05) is 37.6 Å². The highest BCUT2D eigenvalue weighted by Crippen LogP contribution is 2.40. The lowest BCUT2D eigenvalue weighted by Gasteiger charge is -2.43. The van der Waals surface area contributed by atoms with Crippen LogP contribution in [-0.4, -0.2) is 60.0 Å². The van der Waals surface area contributed by atoms with Gasteiger partial charge in [-0.2, -0.15) is 0 Å². The third-order valence-corrected chi connectivity index (χ3v) is 7.76. The number of piperidine rings is 1. The molecule has 3 aliphatic rings. The van der Waals surface area contributed by atoms with Gasteiger partial charge < -0.3 is 9.80 Å². The molecular weight excluding hydrogens is 433 g/mol. The first-order valence-electron chi connectivity index (χ1n) is 12.0. The highest BCUT2D eigenvalue weighted by atomic mass is 19.1. The number of halogens is 1. The molecule has 0 atom stereocenters. The van der Waals surface area contributed by atoms with E-state index >= 15 is 0 Å². The fourth-order valence-electron chi connectivity index (χ4n) is 5.50. The van der Waals surface area contributed by atoms with Gasteiger partial charge in [0.2, 0.25) is 5.91 Å². The number of nitrogens with zero attached hydrogens (tertiary/aromatic N) is 3. The normalized spacial score (nSPS) is 20.6. The number of carbonyl (C=O) groups excluding carboxylic acids is 2. The second-order valence-corrected chi connectivity index (χ2v) is 9.81. The van der Waals surface area contributed by atoms with Crippen molar-refractivity contribution in [2.24, 2.45) is 0 Å². The number of nitrogens with one attached hydrogen (secondary N) is 2. The summed E-state index contributed by atoms with van der Waals surface area (Å²) in [5.41, 5.74) is 9.83. The van der Waals surface area contributed by atoms with E-state index in [0.29, 0.717) is 44.9 Å². The van der Waals surface area contributed by atoms with Crippen LogP contribution < -0.4 is 15.8 Å². The third kappa shape index (κ3) is 4.16. The van der Waals surface area contributed by atoms with E-state index in [9.17, 15) is 14.0 Å². The Kier molecular flexibility index (Phi) is 6.04. The van der Waals surface area contributed by atoms with E-state index in [0.717, 1.165) is 29.9 Å². The van der Waals surface area contributed by atoms with Gasteiger partial charge in [-0.3, -0.25) is 20.5 Å². The number of anilines is 1. The van der Waals surface area contributed by atoms with Crippen LogP contribution in [0.5, 0.6) is 0 Å². The fourth-order valence-corrected chi connectivity index (χ4v) is 5.50. The van der Waals surface area contributed by atoms with Crippen molar-refractivity contribution in [1.82, 2.24) is 20.7 Å². The molecule has 0 saturated carbocycles. The minimum absolute atomic E-state index is 0.0584. The van der Waals surface area contributed by atoms with E-state index in [4.69, 9.17) is 0 Å². The lowest BCUT2D eigenvalue weighted by atomic mass is 9.86. The lowest BCUT2D eigenvalue weighted by molar-refractivity contribution is -0.131. The zero-order chi connectivity index (χ0) is 23.9. The van der Waals surface area contributed by atoms with E-state index in [1.165, 1.54) is 17.7 Å². The van der Waals surface area contributed by atoms with Crippen LogP contribution in [0.3, 0.4) is 0 Å². The van der Waals surface area contributed by atoms with Crippen molar-refractivity contribution in [2.45, 2.75) is 44.7 Å². The van der Waals surface area contributed by atoms with E-state index in [2.05, 4.69) is 23.0 Å². The van der Waals surface area contributed by atoms with Crippen LogP contribution in [0.1, 0.15) is 42.4 Å². The van der Waals surface area contributed by atoms with Crippen molar-refractivity contribution in [1.29, 1.82) is 0 Å². The molecule has 34 heavy (non-hydrogen) atoms. The molecule has 1 spiro atoms. The van der Waals surface area contributed by atoms with Crippen LogP contribution in [0.2, 0.25) is 0 Å². The van der Waals surface area contributed by atoms with E-state index in [1.54, 1.807) is 13.0 Å². The van der Waals surface area contributed by atoms with Gasteiger partial charge in [0, 0.05) is 51.3 Å². The number of likely N-dealkylation sites (tertiary alicyclic amines) is 1. The Balaban J connectivity index is 1.43. The van der Waals surface area contributed by atoms with Gasteiger partial charge in [0.15, 0.2) is 0 Å². The molecule has 2 aromatic rings. The van der Waals surface area contributed by atoms with E-state index < -0.39 is 0 Å². The number of carbonyl (C=O) groups is 2. The minimum atomic E-state index is -0.389. The predicted molar refractivity (Wildman–Crippen MR) is 129 cm³/mol. The van der Waals surface area contributed by atoms with Gasteiger partial charge in [-0.1, -0.05) is 18.2 Å². The van der Waals surface area contributed by atoms with Gasteiger partial charge in [-0.15, -0.1) is 0 Å². The molecule has 2 aromatic carbocycles. The zero-order valence-electron chi connectivity index (χ0n) is 19.8. The molecule has 3 aliphatic heterocycles. The van der Waals surface area contributed by atoms with E-state index in [1.807, 2.05) is 33.8 Å². The standard InChI is InChI=1S/C26H32FN5O2/c1-18-3-6-23(27)13-21(18)16-32-25(34)31(17-26(32)9-11-30(12-10-26)19(2)33)24-7-4-20(5-8-24)22-14-28-29-15-22/h3-8,13,22,28-29H,9-12,14-17H2,1-2H3. The summed E-state index contributed by atoms with van der Waals surface area (Å²) in [5.74, 6) is 0.184. The summed E-state index contributed by atoms with van der Waals surface area (Å²) in [6, 6.07) is 13.0. The SMILES string of the molecule is CC(=O)N1CCC2(CC1)CN(c1ccc(C3CNNC3)cc1)C(=O)N2Cc1cc(F)ccc1C. The summed E-state index contributed by atoms with van der Waals surface area (Å²) < 4.78 is 14.0. The molecule has 0 aliphatic carbocycles. The van der Waals surface area contributed by atoms with Crippen molar-refractivity contribution >= 4 is 17.6 Å². The lowest BCUT2D eigenvalue weighted by Crippen LogP contribution is -2.54. The predicted octanol–water partition coefficient (Wildman–Crippen LogP) is 3.15. The number of hydrogen-bond acceptors (Lipinski definition) is 4. The molecule has 5 rings (SSSR count). The molecule has 0 unspecified atom stereocenters. The smallest absolute Gasteiger partial charge is 0.325 e. The highest BCUT2D eigenvalue weighted by molar-refractivity contribution is 5.95. The Morgan fingerprint density at radius 1 is 1.09 bits per heavy atom. The maximum Gasteiger partial charge on any atom is 0.325 e. The van der Waals surface area contributed by atoms with Crippen LogP contribution in [0.25, 0.3) is 0 Å². The molecule has 0 radical (unpaired) electrons. The fraction of sp³-hybridized carbons (Fsp3) is 0.462. The van der Waals surface area contributed by atoms with E-state index in [-0.39, 0.29) is 23.3 Å². The molecule has 3 saturated heterocycles. The summed E-state index contributed by atoms with van der Waals surface area (Å²) in [6.45, 7) is 7.48. The van der Waals surface area contributed by atoms with Gasteiger partial charge in [-0.25, -0.2) is 9.18 Å². The summed E-state index contributed by atoms with van der Waals surface area (Å²) >= 11 is 0. The summed E-state index contributed by atoms with van der Waals surface area (Å²) in [7, 11) is 0. The Morgan fingerprint density at radius 3 is 2.41 bits per heavy atom. The minimum Gasteiger partial charge on any atom is -0.343 e. The van der Waals surface area contributed by atoms with Gasteiger partial charge in [0.25, 0.3) is 0 Å². The average Bonchev–Trinajstić information content (AvgIpc) is 3.46. The Labute approximate surface area is 199 Å². The summed E-state index contributed by atoms with van der Waals surface area (Å²) in [4.78, 5) is 31.4. The Bertz CT molecular complexity index is 1080. The van der Waals surface area contributed by atoms with Crippen molar-refractivity contribution in [3.05, 3.63) is 65.0 Å². The Morgan fingerprint density at radius 2 is 1.76 bits per heavy atom. The molecule has 8 heteroatoms. The summed E-state index contributed by atoms with van der Waals surface area (Å²) in [5, 5.41) is 0. The third-order valence-electron chi connectivity index (χ3n) is 7.76. The monoisotopic (exact) mass is 465 g/mol. The highest BCUT2D eigenvalue weighted by Gasteiger charge is 2.51. The molecule has 3 fully saturated rings. The molecule has 2 N–H and O–H groups in total. The molecule has 3 amide bonds. The van der Waals surface area contributed by atoms with Crippen LogP contribution >= 0.6 is 0 Å². The number of urea groups is 1. The van der Waals surface area contributed by atoms with Crippen LogP contribution in [0.15, 0.2) is 42.5 Å². The Hall–Kier alpha value is -2.97. The van der Waals surface area contributed by atoms with Crippen LogP contribution in [0.4, 0.5) is 14.9 Å². The largest absolute Gasteiger partial charge is 0.343 e. The second kappa shape index (κ2) is 9.00. The average molecular weight is 466 g/mol. The molecule has 7 nitrogen and oxygen atoms in total. The van der Waals surface area contributed by atoms with Gasteiger partial charge >= 0.3 is 6.03 Å². The maximum absolute atomic E-state index is 14.0. The number of aryl methyl sites for hydroxylation is 1. The molecule has 180 valence electrons. The quantitative estimate of drug-likeness (QED) is 0.728. The van der Waals surface area contributed by atoms with Gasteiger partial charge in [-0.05, 0) is 60.7 Å². The first-order chi connectivity index (χ1) is 16.4. The molecule has 0 aromatic heterocycles. The number of benzene rings is 2. The van der Waals surface area contributed by atoms with Crippen molar-refractivity contribution < 1.29 is 14.0 Å². The second-order valence-electron chi connectivity index (χ2n) is 9.81. The number of hydrogen-bond donors (Lipinski definition) is 2. The van der Waals surface area contributed by atoms with Crippen molar-refractivity contribution in [3.63, 3.8) is 0 Å². The molecule has 3 heterocycles. The number of hydrazine groups is 1. The van der Waals surface area contributed by atoms with Gasteiger partial charge in [0.05, 0.1) is 12.1 Å². The first kappa shape index (κ1) is 22.8. The summed E-state index contributed by atoms with van der Waals surface area (Å²) in [6.07, 6.45) is 1.42.